The number of hydrogen-bond acceptors (Lipinski definition) is 3. The first kappa shape index (κ1) is 12.5. The molecule has 3 nitrogen and oxygen atoms in total. The van der Waals surface area contributed by atoms with E-state index >= 15 is 0 Å². The van der Waals surface area contributed by atoms with Crippen LogP contribution in [0, 0.1) is 0 Å². The number of rotatable bonds is 4. The van der Waals surface area contributed by atoms with Crippen LogP contribution in [0.1, 0.15) is 5.56 Å². The standard InChI is InChI=1S/C17H16N2O/c1-20-17-10-9-13(12-19-17)11-18-16-8-4-6-14-5-2-3-7-15(14)16/h2-10,12,18H,11H2,1H3. The fraction of sp³-hybridized carbons (Fsp3) is 0.118. The number of nitrogens with one attached hydrogen (secondary N) is 1. The van der Waals surface area contributed by atoms with Gasteiger partial charge < -0.3 is 10.1 Å². The third kappa shape index (κ3) is 2.57. The lowest BCUT2D eigenvalue weighted by atomic mass is 10.1. The summed E-state index contributed by atoms with van der Waals surface area (Å²) in [5.74, 6) is 0.638. The van der Waals surface area contributed by atoms with Crippen molar-refractivity contribution in [3.05, 3.63) is 66.4 Å². The lowest BCUT2D eigenvalue weighted by Gasteiger charge is -2.10. The average Bonchev–Trinajstić information content (AvgIpc) is 2.53. The van der Waals surface area contributed by atoms with Gasteiger partial charge in [-0.2, -0.15) is 0 Å². The lowest BCUT2D eigenvalue weighted by Crippen LogP contribution is -2.00. The molecule has 0 unspecified atom stereocenters. The molecular weight excluding hydrogens is 248 g/mol. The first-order valence-corrected chi connectivity index (χ1v) is 6.57. The number of ether oxygens (including phenoxy) is 1. The number of nitrogens with zero attached hydrogens (tertiary/aromatic N) is 1. The predicted molar refractivity (Wildman–Crippen MR) is 82.1 cm³/mol. The van der Waals surface area contributed by atoms with Gasteiger partial charge in [0.15, 0.2) is 0 Å². The summed E-state index contributed by atoms with van der Waals surface area (Å²) in [6, 6.07) is 18.5. The van der Waals surface area contributed by atoms with Crippen molar-refractivity contribution >= 4 is 16.5 Å². The molecule has 0 spiro atoms. The maximum atomic E-state index is 5.06. The Morgan fingerprint density at radius 2 is 1.85 bits per heavy atom. The normalized spacial score (nSPS) is 10.4. The maximum absolute atomic E-state index is 5.06. The van der Waals surface area contributed by atoms with Crippen molar-refractivity contribution in [2.45, 2.75) is 6.54 Å². The van der Waals surface area contributed by atoms with E-state index in [0.29, 0.717) is 5.88 Å². The van der Waals surface area contributed by atoms with E-state index in [-0.39, 0.29) is 0 Å². The van der Waals surface area contributed by atoms with E-state index in [9.17, 15) is 0 Å². The summed E-state index contributed by atoms with van der Waals surface area (Å²) in [5, 5.41) is 5.93. The van der Waals surface area contributed by atoms with E-state index in [0.717, 1.165) is 17.8 Å². The number of benzene rings is 2. The summed E-state index contributed by atoms with van der Waals surface area (Å²) >= 11 is 0. The van der Waals surface area contributed by atoms with Gasteiger partial charge in [0.25, 0.3) is 0 Å². The highest BCUT2D eigenvalue weighted by molar-refractivity contribution is 5.93. The largest absolute Gasteiger partial charge is 0.481 e. The number of aromatic nitrogens is 1. The van der Waals surface area contributed by atoms with Gasteiger partial charge in [0.1, 0.15) is 0 Å². The lowest BCUT2D eigenvalue weighted by molar-refractivity contribution is 0.397. The van der Waals surface area contributed by atoms with E-state index in [2.05, 4.69) is 52.8 Å². The van der Waals surface area contributed by atoms with Gasteiger partial charge in [0.05, 0.1) is 7.11 Å². The van der Waals surface area contributed by atoms with Crippen LogP contribution in [0.3, 0.4) is 0 Å². The molecule has 0 atom stereocenters. The summed E-state index contributed by atoms with van der Waals surface area (Å²) < 4.78 is 5.06. The number of anilines is 1. The third-order valence-electron chi connectivity index (χ3n) is 3.28. The smallest absolute Gasteiger partial charge is 0.212 e. The van der Waals surface area contributed by atoms with Crippen LogP contribution in [-0.4, -0.2) is 12.1 Å². The van der Waals surface area contributed by atoms with E-state index in [4.69, 9.17) is 4.74 Å². The van der Waals surface area contributed by atoms with Crippen molar-refractivity contribution in [3.63, 3.8) is 0 Å². The quantitative estimate of drug-likeness (QED) is 0.777. The van der Waals surface area contributed by atoms with Crippen LogP contribution >= 0.6 is 0 Å². The Bertz CT molecular complexity index is 702. The summed E-state index contributed by atoms with van der Waals surface area (Å²) in [7, 11) is 1.62. The average molecular weight is 264 g/mol. The molecule has 0 aliphatic carbocycles. The molecule has 3 aromatic rings. The van der Waals surface area contributed by atoms with E-state index in [1.54, 1.807) is 7.11 Å². The van der Waals surface area contributed by atoms with Gasteiger partial charge in [-0.15, -0.1) is 0 Å². The Morgan fingerprint density at radius 1 is 1.00 bits per heavy atom. The van der Waals surface area contributed by atoms with Crippen molar-refractivity contribution < 1.29 is 4.74 Å². The van der Waals surface area contributed by atoms with Gasteiger partial charge in [-0.25, -0.2) is 4.98 Å². The van der Waals surface area contributed by atoms with Crippen molar-refractivity contribution in [1.29, 1.82) is 0 Å². The van der Waals surface area contributed by atoms with Gasteiger partial charge in [-0.1, -0.05) is 42.5 Å². The molecule has 2 aromatic carbocycles. The highest BCUT2D eigenvalue weighted by Gasteiger charge is 2.00. The summed E-state index contributed by atoms with van der Waals surface area (Å²) in [5.41, 5.74) is 2.26. The van der Waals surface area contributed by atoms with Crippen LogP contribution in [0.5, 0.6) is 5.88 Å². The molecule has 1 N–H and O–H groups in total. The minimum Gasteiger partial charge on any atom is -0.481 e. The molecule has 0 fully saturated rings. The zero-order valence-corrected chi connectivity index (χ0v) is 11.3. The molecule has 0 bridgehead atoms. The molecule has 0 saturated carbocycles. The predicted octanol–water partition coefficient (Wildman–Crippen LogP) is 3.86. The van der Waals surface area contributed by atoms with Crippen LogP contribution < -0.4 is 10.1 Å². The van der Waals surface area contributed by atoms with Crippen molar-refractivity contribution in [2.75, 3.05) is 12.4 Å². The zero-order chi connectivity index (χ0) is 13.8. The molecule has 100 valence electrons. The van der Waals surface area contributed by atoms with E-state index in [1.165, 1.54) is 10.8 Å². The number of pyridine rings is 1. The number of hydrogen-bond donors (Lipinski definition) is 1. The molecule has 0 saturated heterocycles. The van der Waals surface area contributed by atoms with Gasteiger partial charge in [-0.05, 0) is 17.0 Å². The fourth-order valence-electron chi connectivity index (χ4n) is 2.21. The number of methoxy groups -OCH3 is 1. The minimum absolute atomic E-state index is 0.638. The second-order valence-electron chi connectivity index (χ2n) is 4.59. The Labute approximate surface area is 118 Å². The molecule has 1 aromatic heterocycles. The van der Waals surface area contributed by atoms with Gasteiger partial charge >= 0.3 is 0 Å². The van der Waals surface area contributed by atoms with E-state index in [1.807, 2.05) is 18.3 Å². The monoisotopic (exact) mass is 264 g/mol. The van der Waals surface area contributed by atoms with Crippen molar-refractivity contribution in [2.24, 2.45) is 0 Å². The highest BCUT2D eigenvalue weighted by atomic mass is 16.5. The van der Waals surface area contributed by atoms with Crippen molar-refractivity contribution in [1.82, 2.24) is 4.98 Å². The van der Waals surface area contributed by atoms with Gasteiger partial charge in [-0.3, -0.25) is 0 Å². The first-order chi connectivity index (χ1) is 9.86. The molecule has 3 heteroatoms. The maximum Gasteiger partial charge on any atom is 0.212 e. The van der Waals surface area contributed by atoms with Crippen LogP contribution in [0.2, 0.25) is 0 Å². The molecule has 0 aliphatic rings. The summed E-state index contributed by atoms with van der Waals surface area (Å²) in [6.45, 7) is 0.741. The Hall–Kier alpha value is -2.55. The van der Waals surface area contributed by atoms with Gasteiger partial charge in [0, 0.05) is 29.9 Å². The Balaban J connectivity index is 1.79. The fourth-order valence-corrected chi connectivity index (χ4v) is 2.21. The van der Waals surface area contributed by atoms with Gasteiger partial charge in [0.2, 0.25) is 5.88 Å². The molecule has 3 rings (SSSR count). The molecule has 0 aliphatic heterocycles. The van der Waals surface area contributed by atoms with Crippen LogP contribution in [0.15, 0.2) is 60.8 Å². The molecule has 0 amide bonds. The van der Waals surface area contributed by atoms with Crippen molar-refractivity contribution in [3.8, 4) is 5.88 Å². The van der Waals surface area contributed by atoms with Crippen LogP contribution in [-0.2, 0) is 6.54 Å². The third-order valence-corrected chi connectivity index (χ3v) is 3.28. The second-order valence-corrected chi connectivity index (χ2v) is 4.59. The summed E-state index contributed by atoms with van der Waals surface area (Å²) in [4.78, 5) is 4.21. The highest BCUT2D eigenvalue weighted by Crippen LogP contribution is 2.23. The molecular formula is C17H16N2O. The van der Waals surface area contributed by atoms with E-state index < -0.39 is 0 Å². The zero-order valence-electron chi connectivity index (χ0n) is 11.3. The van der Waals surface area contributed by atoms with Crippen LogP contribution in [0.25, 0.3) is 10.8 Å². The molecule has 1 heterocycles. The minimum atomic E-state index is 0.638. The SMILES string of the molecule is COc1ccc(CNc2cccc3ccccc23)cn1. The Morgan fingerprint density at radius 3 is 2.65 bits per heavy atom. The first-order valence-electron chi connectivity index (χ1n) is 6.57. The second kappa shape index (κ2) is 5.61. The topological polar surface area (TPSA) is 34.1 Å². The molecule has 0 radical (unpaired) electrons. The number of fused-ring (bicyclic) bond motifs is 1. The Kier molecular flexibility index (Phi) is 3.50. The molecule has 20 heavy (non-hydrogen) atoms. The summed E-state index contributed by atoms with van der Waals surface area (Å²) in [6.07, 6.45) is 1.83. The van der Waals surface area contributed by atoms with Crippen LogP contribution in [0.4, 0.5) is 5.69 Å².